The highest BCUT2D eigenvalue weighted by molar-refractivity contribution is 4.98. The van der Waals surface area contributed by atoms with Crippen LogP contribution in [0, 0.1) is 0 Å². The normalized spacial score (nSPS) is 16.3. The van der Waals surface area contributed by atoms with E-state index in [-0.39, 0.29) is 0 Å². The molecule has 15 heavy (non-hydrogen) atoms. The molecule has 84 valence electrons. The van der Waals surface area contributed by atoms with Crippen molar-refractivity contribution in [3.8, 4) is 0 Å². The van der Waals surface area contributed by atoms with Crippen LogP contribution in [-0.4, -0.2) is 27.4 Å². The van der Waals surface area contributed by atoms with Gasteiger partial charge in [0.2, 0.25) is 0 Å². The van der Waals surface area contributed by atoms with Gasteiger partial charge in [-0.3, -0.25) is 4.68 Å². The van der Waals surface area contributed by atoms with E-state index in [1.165, 1.54) is 12.8 Å². The lowest BCUT2D eigenvalue weighted by atomic mass is 10.2. The van der Waals surface area contributed by atoms with Crippen LogP contribution < -0.4 is 5.32 Å². The molecule has 0 bridgehead atoms. The van der Waals surface area contributed by atoms with E-state index in [1.807, 2.05) is 11.7 Å². The molecule has 1 aromatic rings. The molecule has 0 unspecified atom stereocenters. The molecular formula is C11H20N4. The van der Waals surface area contributed by atoms with Gasteiger partial charge < -0.3 is 5.32 Å². The Morgan fingerprint density at radius 2 is 2.20 bits per heavy atom. The summed E-state index contributed by atoms with van der Waals surface area (Å²) in [7, 11) is 1.97. The van der Waals surface area contributed by atoms with Crippen LogP contribution in [0.25, 0.3) is 0 Å². The number of hydrogen-bond acceptors (Lipinski definition) is 3. The summed E-state index contributed by atoms with van der Waals surface area (Å²) in [6.45, 7) is 5.30. The predicted octanol–water partition coefficient (Wildman–Crippen LogP) is 1.23. The molecule has 0 saturated heterocycles. The molecule has 1 aliphatic carbocycles. The summed E-state index contributed by atoms with van der Waals surface area (Å²) >= 11 is 0. The fraction of sp³-hybridized carbons (Fsp3) is 0.818. The zero-order valence-electron chi connectivity index (χ0n) is 9.82. The molecule has 0 radical (unpaired) electrons. The van der Waals surface area contributed by atoms with Crippen LogP contribution in [0.3, 0.4) is 0 Å². The SMILES string of the molecule is CC(C)c1nc(CCNC2CC2)nn1C. The maximum atomic E-state index is 4.54. The van der Waals surface area contributed by atoms with Crippen molar-refractivity contribution >= 4 is 0 Å². The Morgan fingerprint density at radius 3 is 2.73 bits per heavy atom. The molecule has 0 atom stereocenters. The molecule has 0 amide bonds. The van der Waals surface area contributed by atoms with Crippen molar-refractivity contribution in [2.24, 2.45) is 7.05 Å². The van der Waals surface area contributed by atoms with Gasteiger partial charge in [-0.25, -0.2) is 4.98 Å². The van der Waals surface area contributed by atoms with E-state index in [9.17, 15) is 0 Å². The van der Waals surface area contributed by atoms with Crippen molar-refractivity contribution in [2.75, 3.05) is 6.54 Å². The molecule has 1 aliphatic rings. The summed E-state index contributed by atoms with van der Waals surface area (Å²) in [6, 6.07) is 0.776. The summed E-state index contributed by atoms with van der Waals surface area (Å²) in [5.74, 6) is 2.50. The van der Waals surface area contributed by atoms with Crippen LogP contribution in [0.15, 0.2) is 0 Å². The molecule has 4 heteroatoms. The van der Waals surface area contributed by atoms with Gasteiger partial charge in [0, 0.05) is 32.0 Å². The fourth-order valence-corrected chi connectivity index (χ4v) is 1.74. The molecule has 0 aliphatic heterocycles. The summed E-state index contributed by atoms with van der Waals surface area (Å²) in [6.07, 6.45) is 3.62. The molecule has 1 fully saturated rings. The maximum Gasteiger partial charge on any atom is 0.152 e. The lowest BCUT2D eigenvalue weighted by molar-refractivity contribution is 0.642. The van der Waals surface area contributed by atoms with Crippen LogP contribution in [-0.2, 0) is 13.5 Å². The zero-order valence-corrected chi connectivity index (χ0v) is 9.82. The summed E-state index contributed by atoms with van der Waals surface area (Å²) in [4.78, 5) is 4.54. The van der Waals surface area contributed by atoms with E-state index in [1.54, 1.807) is 0 Å². The number of nitrogens with zero attached hydrogens (tertiary/aromatic N) is 3. The monoisotopic (exact) mass is 208 g/mol. The van der Waals surface area contributed by atoms with Gasteiger partial charge in [-0.1, -0.05) is 13.8 Å². The smallest absolute Gasteiger partial charge is 0.152 e. The topological polar surface area (TPSA) is 42.7 Å². The first-order chi connectivity index (χ1) is 7.16. The van der Waals surface area contributed by atoms with Crippen LogP contribution in [0.1, 0.15) is 44.3 Å². The lowest BCUT2D eigenvalue weighted by Gasteiger charge is -2.00. The lowest BCUT2D eigenvalue weighted by Crippen LogP contribution is -2.19. The molecule has 0 spiro atoms. The second-order valence-corrected chi connectivity index (χ2v) is 4.64. The molecule has 0 aromatic carbocycles. The van der Waals surface area contributed by atoms with Gasteiger partial charge in [-0.2, -0.15) is 5.10 Å². The second kappa shape index (κ2) is 4.31. The van der Waals surface area contributed by atoms with Gasteiger partial charge in [0.05, 0.1) is 0 Å². The first-order valence-electron chi connectivity index (χ1n) is 5.80. The van der Waals surface area contributed by atoms with E-state index < -0.39 is 0 Å². The van der Waals surface area contributed by atoms with Crippen molar-refractivity contribution in [1.82, 2.24) is 20.1 Å². The molecule has 1 aromatic heterocycles. The Bertz CT molecular complexity index is 325. The third kappa shape index (κ3) is 2.78. The van der Waals surface area contributed by atoms with E-state index in [4.69, 9.17) is 0 Å². The standard InChI is InChI=1S/C11H20N4/c1-8(2)11-13-10(14-15(11)3)6-7-12-9-4-5-9/h8-9,12H,4-7H2,1-3H3. The molecular weight excluding hydrogens is 188 g/mol. The van der Waals surface area contributed by atoms with E-state index in [0.29, 0.717) is 5.92 Å². The minimum Gasteiger partial charge on any atom is -0.314 e. The highest BCUT2D eigenvalue weighted by atomic mass is 15.3. The Labute approximate surface area is 91.1 Å². The second-order valence-electron chi connectivity index (χ2n) is 4.64. The van der Waals surface area contributed by atoms with E-state index in [2.05, 4.69) is 29.2 Å². The highest BCUT2D eigenvalue weighted by Gasteiger charge is 2.20. The zero-order chi connectivity index (χ0) is 10.8. The first-order valence-corrected chi connectivity index (χ1v) is 5.80. The average molecular weight is 208 g/mol. The minimum absolute atomic E-state index is 0.452. The first kappa shape index (κ1) is 10.6. The highest BCUT2D eigenvalue weighted by Crippen LogP contribution is 2.18. The summed E-state index contributed by atoms with van der Waals surface area (Å²) in [5.41, 5.74) is 0. The van der Waals surface area contributed by atoms with Crippen LogP contribution in [0.2, 0.25) is 0 Å². The Hall–Kier alpha value is -0.900. The van der Waals surface area contributed by atoms with Crippen molar-refractivity contribution in [1.29, 1.82) is 0 Å². The largest absolute Gasteiger partial charge is 0.314 e. The van der Waals surface area contributed by atoms with Gasteiger partial charge in [0.1, 0.15) is 5.82 Å². The number of nitrogens with one attached hydrogen (secondary N) is 1. The van der Waals surface area contributed by atoms with Crippen LogP contribution in [0.4, 0.5) is 0 Å². The number of rotatable bonds is 5. The van der Waals surface area contributed by atoms with Crippen LogP contribution >= 0.6 is 0 Å². The Kier molecular flexibility index (Phi) is 3.05. The molecule has 2 rings (SSSR count). The molecule has 4 nitrogen and oxygen atoms in total. The van der Waals surface area contributed by atoms with Gasteiger partial charge >= 0.3 is 0 Å². The summed E-state index contributed by atoms with van der Waals surface area (Å²) < 4.78 is 1.90. The van der Waals surface area contributed by atoms with E-state index >= 15 is 0 Å². The Morgan fingerprint density at radius 1 is 1.47 bits per heavy atom. The third-order valence-corrected chi connectivity index (χ3v) is 2.72. The third-order valence-electron chi connectivity index (χ3n) is 2.72. The quantitative estimate of drug-likeness (QED) is 0.791. The average Bonchev–Trinajstić information content (AvgIpc) is 2.90. The van der Waals surface area contributed by atoms with Crippen molar-refractivity contribution < 1.29 is 0 Å². The van der Waals surface area contributed by atoms with E-state index in [0.717, 1.165) is 30.7 Å². The van der Waals surface area contributed by atoms with Crippen molar-refractivity contribution in [3.63, 3.8) is 0 Å². The Balaban J connectivity index is 1.87. The summed E-state index contributed by atoms with van der Waals surface area (Å²) in [5, 5.41) is 7.89. The van der Waals surface area contributed by atoms with Gasteiger partial charge in [-0.05, 0) is 12.8 Å². The maximum absolute atomic E-state index is 4.54. The van der Waals surface area contributed by atoms with Gasteiger partial charge in [-0.15, -0.1) is 0 Å². The molecule has 1 heterocycles. The number of aromatic nitrogens is 3. The van der Waals surface area contributed by atoms with Gasteiger partial charge in [0.15, 0.2) is 5.82 Å². The van der Waals surface area contributed by atoms with Gasteiger partial charge in [0.25, 0.3) is 0 Å². The molecule has 1 N–H and O–H groups in total. The van der Waals surface area contributed by atoms with Crippen molar-refractivity contribution in [2.45, 2.75) is 45.1 Å². The number of aryl methyl sites for hydroxylation is 1. The predicted molar refractivity (Wildman–Crippen MR) is 59.8 cm³/mol. The molecule has 1 saturated carbocycles. The minimum atomic E-state index is 0.452. The number of hydrogen-bond donors (Lipinski definition) is 1. The van der Waals surface area contributed by atoms with Crippen molar-refractivity contribution in [3.05, 3.63) is 11.6 Å². The van der Waals surface area contributed by atoms with Crippen LogP contribution in [0.5, 0.6) is 0 Å². The fourth-order valence-electron chi connectivity index (χ4n) is 1.74.